The molecule has 0 saturated carbocycles. The molecule has 0 radical (unpaired) electrons. The van der Waals surface area contributed by atoms with E-state index in [-0.39, 0.29) is 5.50 Å². The van der Waals surface area contributed by atoms with Gasteiger partial charge in [-0.05, 0) is 23.6 Å². The summed E-state index contributed by atoms with van der Waals surface area (Å²) in [4.78, 5) is 0. The van der Waals surface area contributed by atoms with E-state index < -0.39 is 0 Å². The van der Waals surface area contributed by atoms with E-state index in [9.17, 15) is 0 Å². The third kappa shape index (κ3) is 1.10. The van der Waals surface area contributed by atoms with Crippen molar-refractivity contribution in [1.29, 1.82) is 0 Å². The van der Waals surface area contributed by atoms with Gasteiger partial charge in [-0.2, -0.15) is 0 Å². The largest absolute Gasteiger partial charge is 0.371 e. The van der Waals surface area contributed by atoms with Gasteiger partial charge in [0.15, 0.2) is 0 Å². The van der Waals surface area contributed by atoms with Crippen LogP contribution in [0, 0.1) is 0 Å². The molecule has 0 aromatic heterocycles. The molecule has 1 N–H and O–H groups in total. The summed E-state index contributed by atoms with van der Waals surface area (Å²) in [6.45, 7) is 2.08. The van der Waals surface area contributed by atoms with Gasteiger partial charge in [0.1, 0.15) is 5.50 Å². The molecule has 1 aromatic rings. The SMILES string of the molecule is CC1=CNC(Cl)c2ccccc21. The van der Waals surface area contributed by atoms with E-state index in [0.29, 0.717) is 0 Å². The van der Waals surface area contributed by atoms with Gasteiger partial charge in [0.2, 0.25) is 0 Å². The number of nitrogens with one attached hydrogen (secondary N) is 1. The zero-order valence-electron chi connectivity index (χ0n) is 6.84. The van der Waals surface area contributed by atoms with Gasteiger partial charge in [-0.1, -0.05) is 35.9 Å². The minimum absolute atomic E-state index is 0.0788. The number of halogens is 1. The van der Waals surface area contributed by atoms with Gasteiger partial charge in [0, 0.05) is 6.20 Å². The molecule has 0 amide bonds. The minimum atomic E-state index is -0.0788. The third-order valence-corrected chi connectivity index (χ3v) is 2.47. The second kappa shape index (κ2) is 2.83. The molecule has 1 aliphatic rings. The average Bonchev–Trinajstić information content (AvgIpc) is 2.12. The lowest BCUT2D eigenvalue weighted by molar-refractivity contribution is 0.815. The summed E-state index contributed by atoms with van der Waals surface area (Å²) in [5.41, 5.74) is 3.57. The Hall–Kier alpha value is -0.950. The first-order chi connectivity index (χ1) is 5.79. The monoisotopic (exact) mass is 179 g/mol. The first-order valence-electron chi connectivity index (χ1n) is 3.95. The maximum atomic E-state index is 6.06. The Balaban J connectivity index is 2.58. The van der Waals surface area contributed by atoms with Gasteiger partial charge in [-0.3, -0.25) is 0 Å². The summed E-state index contributed by atoms with van der Waals surface area (Å²) < 4.78 is 0. The van der Waals surface area contributed by atoms with Crippen molar-refractivity contribution in [1.82, 2.24) is 5.32 Å². The second-order valence-corrected chi connectivity index (χ2v) is 3.38. The Kier molecular flexibility index (Phi) is 1.81. The van der Waals surface area contributed by atoms with E-state index in [1.165, 1.54) is 16.7 Å². The van der Waals surface area contributed by atoms with Gasteiger partial charge in [0.25, 0.3) is 0 Å². The number of hydrogen-bond donors (Lipinski definition) is 1. The predicted octanol–water partition coefficient (Wildman–Crippen LogP) is 2.89. The number of rotatable bonds is 0. The van der Waals surface area contributed by atoms with E-state index in [4.69, 9.17) is 11.6 Å². The third-order valence-electron chi connectivity index (χ3n) is 2.10. The van der Waals surface area contributed by atoms with Crippen LogP contribution in [0.15, 0.2) is 30.5 Å². The molecule has 0 fully saturated rings. The topological polar surface area (TPSA) is 12.0 Å². The average molecular weight is 180 g/mol. The van der Waals surface area contributed by atoms with E-state index >= 15 is 0 Å². The van der Waals surface area contributed by atoms with Crippen LogP contribution in [0.1, 0.15) is 23.6 Å². The number of fused-ring (bicyclic) bond motifs is 1. The Morgan fingerprint density at radius 3 is 2.83 bits per heavy atom. The molecule has 2 rings (SSSR count). The van der Waals surface area contributed by atoms with Crippen LogP contribution in [0.3, 0.4) is 0 Å². The van der Waals surface area contributed by atoms with Crippen LogP contribution in [0.5, 0.6) is 0 Å². The van der Waals surface area contributed by atoms with Crippen LogP contribution < -0.4 is 5.32 Å². The summed E-state index contributed by atoms with van der Waals surface area (Å²) in [5.74, 6) is 0. The van der Waals surface area contributed by atoms with E-state index in [0.717, 1.165) is 0 Å². The zero-order valence-corrected chi connectivity index (χ0v) is 7.60. The number of benzene rings is 1. The fraction of sp³-hybridized carbons (Fsp3) is 0.200. The smallest absolute Gasteiger partial charge is 0.127 e. The molecule has 0 spiro atoms. The van der Waals surface area contributed by atoms with Crippen molar-refractivity contribution in [3.05, 3.63) is 41.6 Å². The molecule has 12 heavy (non-hydrogen) atoms. The van der Waals surface area contributed by atoms with Crippen molar-refractivity contribution in [2.24, 2.45) is 0 Å². The first-order valence-corrected chi connectivity index (χ1v) is 4.39. The zero-order chi connectivity index (χ0) is 8.55. The molecule has 62 valence electrons. The summed E-state index contributed by atoms with van der Waals surface area (Å²) in [5, 5.41) is 3.09. The molecule has 1 atom stereocenters. The van der Waals surface area contributed by atoms with Crippen molar-refractivity contribution < 1.29 is 0 Å². The highest BCUT2D eigenvalue weighted by molar-refractivity contribution is 6.21. The van der Waals surface area contributed by atoms with Crippen LogP contribution in [0.4, 0.5) is 0 Å². The van der Waals surface area contributed by atoms with Crippen LogP contribution in [-0.4, -0.2) is 0 Å². The highest BCUT2D eigenvalue weighted by atomic mass is 35.5. The van der Waals surface area contributed by atoms with E-state index in [2.05, 4.69) is 24.4 Å². The van der Waals surface area contributed by atoms with Gasteiger partial charge in [-0.25, -0.2) is 0 Å². The molecule has 0 bridgehead atoms. The number of hydrogen-bond acceptors (Lipinski definition) is 1. The van der Waals surface area contributed by atoms with Gasteiger partial charge in [-0.15, -0.1) is 0 Å². The van der Waals surface area contributed by atoms with Crippen LogP contribution in [0.25, 0.3) is 5.57 Å². The molecular formula is C10H10ClN. The molecule has 1 aliphatic heterocycles. The maximum Gasteiger partial charge on any atom is 0.127 e. The van der Waals surface area contributed by atoms with Crippen molar-refractivity contribution in [3.63, 3.8) is 0 Å². The second-order valence-electron chi connectivity index (χ2n) is 2.94. The highest BCUT2D eigenvalue weighted by Crippen LogP contribution is 2.30. The Labute approximate surface area is 77.0 Å². The lowest BCUT2D eigenvalue weighted by Crippen LogP contribution is -2.15. The number of alkyl halides is 1. The van der Waals surface area contributed by atoms with Crippen molar-refractivity contribution >= 4 is 17.2 Å². The lowest BCUT2D eigenvalue weighted by atomic mass is 9.99. The maximum absolute atomic E-state index is 6.06. The van der Waals surface area contributed by atoms with Crippen LogP contribution in [-0.2, 0) is 0 Å². The molecular weight excluding hydrogens is 170 g/mol. The standard InChI is InChI=1S/C10H10ClN/c1-7-6-12-10(11)9-5-3-2-4-8(7)9/h2-6,10,12H,1H3. The Morgan fingerprint density at radius 2 is 2.08 bits per heavy atom. The predicted molar refractivity (Wildman–Crippen MR) is 51.8 cm³/mol. The van der Waals surface area contributed by atoms with Gasteiger partial charge >= 0.3 is 0 Å². The molecule has 1 nitrogen and oxygen atoms in total. The molecule has 0 aliphatic carbocycles. The van der Waals surface area contributed by atoms with Crippen molar-refractivity contribution in [3.8, 4) is 0 Å². The normalized spacial score (nSPS) is 20.8. The Bertz CT molecular complexity index is 330. The molecule has 1 aromatic carbocycles. The lowest BCUT2D eigenvalue weighted by Gasteiger charge is -2.20. The molecule has 0 saturated heterocycles. The van der Waals surface area contributed by atoms with Gasteiger partial charge in [0.05, 0.1) is 0 Å². The van der Waals surface area contributed by atoms with E-state index in [1.54, 1.807) is 0 Å². The fourth-order valence-corrected chi connectivity index (χ4v) is 1.70. The molecule has 1 unspecified atom stereocenters. The minimum Gasteiger partial charge on any atom is -0.371 e. The summed E-state index contributed by atoms with van der Waals surface area (Å²) >= 11 is 6.06. The summed E-state index contributed by atoms with van der Waals surface area (Å²) in [6.07, 6.45) is 1.96. The van der Waals surface area contributed by atoms with Crippen molar-refractivity contribution in [2.45, 2.75) is 12.4 Å². The first kappa shape index (κ1) is 7.69. The summed E-state index contributed by atoms with van der Waals surface area (Å²) in [6, 6.07) is 8.19. The highest BCUT2D eigenvalue weighted by Gasteiger charge is 2.15. The molecule has 1 heterocycles. The number of allylic oxidation sites excluding steroid dienone is 1. The van der Waals surface area contributed by atoms with Crippen LogP contribution >= 0.6 is 11.6 Å². The molecule has 2 heteroatoms. The van der Waals surface area contributed by atoms with Crippen molar-refractivity contribution in [2.75, 3.05) is 0 Å². The van der Waals surface area contributed by atoms with Gasteiger partial charge < -0.3 is 5.32 Å². The quantitative estimate of drug-likeness (QED) is 0.477. The van der Waals surface area contributed by atoms with E-state index in [1.807, 2.05) is 18.3 Å². The Morgan fingerprint density at radius 1 is 1.33 bits per heavy atom. The summed E-state index contributed by atoms with van der Waals surface area (Å²) in [7, 11) is 0. The fourth-order valence-electron chi connectivity index (χ4n) is 1.44. The van der Waals surface area contributed by atoms with Crippen LogP contribution in [0.2, 0.25) is 0 Å².